The zero-order chi connectivity index (χ0) is 20.0. The number of aliphatic carboxylic acids is 2. The minimum atomic E-state index is -1.44. The van der Waals surface area contributed by atoms with Gasteiger partial charge in [0, 0.05) is 6.54 Å². The minimum absolute atomic E-state index is 0.165. The molecule has 0 aliphatic carbocycles. The van der Waals surface area contributed by atoms with Crippen LogP contribution in [0.1, 0.15) is 33.1 Å². The molecule has 0 aromatic carbocycles. The second-order valence-electron chi connectivity index (χ2n) is 6.21. The molecule has 0 spiro atoms. The van der Waals surface area contributed by atoms with Gasteiger partial charge in [0.25, 0.3) is 0 Å². The molecule has 6 N–H and O–H groups in total. The van der Waals surface area contributed by atoms with Gasteiger partial charge in [0.05, 0.1) is 12.5 Å². The summed E-state index contributed by atoms with van der Waals surface area (Å²) in [5, 5.41) is 22.8. The second kappa shape index (κ2) is 9.13. The van der Waals surface area contributed by atoms with Gasteiger partial charge in [-0.25, -0.2) is 4.79 Å². The van der Waals surface area contributed by atoms with E-state index in [1.165, 1.54) is 13.8 Å². The fourth-order valence-electron chi connectivity index (χ4n) is 2.57. The monoisotopic (exact) mass is 372 g/mol. The van der Waals surface area contributed by atoms with Crippen molar-refractivity contribution >= 4 is 29.7 Å². The van der Waals surface area contributed by atoms with Crippen LogP contribution in [0.5, 0.6) is 0 Å². The normalized spacial score (nSPS) is 20.0. The van der Waals surface area contributed by atoms with Gasteiger partial charge in [-0.2, -0.15) is 0 Å². The summed E-state index contributed by atoms with van der Waals surface area (Å²) < 4.78 is 0. The molecule has 1 fully saturated rings. The Morgan fingerprint density at radius 3 is 2.23 bits per heavy atom. The summed E-state index contributed by atoms with van der Waals surface area (Å²) >= 11 is 0. The van der Waals surface area contributed by atoms with E-state index in [1.54, 1.807) is 0 Å². The Hall–Kier alpha value is -2.69. The lowest BCUT2D eigenvalue weighted by Crippen LogP contribution is -2.56. The molecule has 146 valence electrons. The second-order valence-corrected chi connectivity index (χ2v) is 6.21. The van der Waals surface area contributed by atoms with Gasteiger partial charge < -0.3 is 31.5 Å². The third-order valence-electron chi connectivity index (χ3n) is 3.98. The number of carboxylic acid groups (broad SMARTS) is 2. The summed E-state index contributed by atoms with van der Waals surface area (Å²) in [5.41, 5.74) is 5.39. The molecule has 1 heterocycles. The first-order valence-electron chi connectivity index (χ1n) is 8.16. The Morgan fingerprint density at radius 1 is 1.12 bits per heavy atom. The molecule has 3 amide bonds. The van der Waals surface area contributed by atoms with E-state index in [2.05, 4.69) is 10.6 Å². The number of hydrogen-bond donors (Lipinski definition) is 5. The van der Waals surface area contributed by atoms with E-state index < -0.39 is 60.2 Å². The molecule has 1 aliphatic rings. The lowest BCUT2D eigenvalue weighted by atomic mass is 10.1. The molecule has 1 aliphatic heterocycles. The largest absolute Gasteiger partial charge is 0.481 e. The molecule has 0 aromatic heterocycles. The lowest BCUT2D eigenvalue weighted by Gasteiger charge is -2.27. The number of likely N-dealkylation sites (tertiary alicyclic amines) is 1. The molecule has 0 aromatic rings. The Balaban J connectivity index is 2.84. The van der Waals surface area contributed by atoms with Crippen molar-refractivity contribution in [3.05, 3.63) is 0 Å². The molecule has 11 nitrogen and oxygen atoms in total. The van der Waals surface area contributed by atoms with Crippen LogP contribution in [0.15, 0.2) is 0 Å². The van der Waals surface area contributed by atoms with Crippen LogP contribution in [0, 0.1) is 0 Å². The Bertz CT molecular complexity index is 593. The molecular weight excluding hydrogens is 348 g/mol. The van der Waals surface area contributed by atoms with Gasteiger partial charge in [0.2, 0.25) is 17.7 Å². The van der Waals surface area contributed by atoms with Crippen molar-refractivity contribution in [2.75, 3.05) is 6.54 Å². The van der Waals surface area contributed by atoms with Gasteiger partial charge in [-0.3, -0.25) is 19.2 Å². The zero-order valence-electron chi connectivity index (χ0n) is 14.6. The number of carbonyl (C=O) groups excluding carboxylic acids is 3. The van der Waals surface area contributed by atoms with Crippen molar-refractivity contribution in [1.82, 2.24) is 15.5 Å². The first kappa shape index (κ1) is 21.4. The van der Waals surface area contributed by atoms with Gasteiger partial charge in [0.15, 0.2) is 0 Å². The maximum atomic E-state index is 12.6. The predicted octanol–water partition coefficient (Wildman–Crippen LogP) is -2.13. The molecule has 26 heavy (non-hydrogen) atoms. The van der Waals surface area contributed by atoms with Crippen molar-refractivity contribution in [2.24, 2.45) is 5.73 Å². The summed E-state index contributed by atoms with van der Waals surface area (Å²) in [6.07, 6.45) is 0.0221. The van der Waals surface area contributed by atoms with Crippen LogP contribution in [-0.4, -0.2) is 75.5 Å². The van der Waals surface area contributed by atoms with Crippen molar-refractivity contribution in [3.8, 4) is 0 Å². The van der Waals surface area contributed by atoms with Gasteiger partial charge in [-0.15, -0.1) is 0 Å². The number of rotatable bonds is 8. The molecule has 4 atom stereocenters. The summed E-state index contributed by atoms with van der Waals surface area (Å²) in [6.45, 7) is 2.95. The molecular formula is C15H24N4O7. The van der Waals surface area contributed by atoms with Crippen molar-refractivity contribution in [3.63, 3.8) is 0 Å². The molecule has 11 heteroatoms. The number of nitrogens with one attached hydrogen (secondary N) is 2. The van der Waals surface area contributed by atoms with E-state index in [4.69, 9.17) is 15.9 Å². The van der Waals surface area contributed by atoms with Gasteiger partial charge >= 0.3 is 11.9 Å². The van der Waals surface area contributed by atoms with E-state index >= 15 is 0 Å². The van der Waals surface area contributed by atoms with Crippen LogP contribution in [0.2, 0.25) is 0 Å². The van der Waals surface area contributed by atoms with E-state index in [0.29, 0.717) is 6.42 Å². The average Bonchev–Trinajstić information content (AvgIpc) is 3.02. The number of carbonyl (C=O) groups is 5. The lowest BCUT2D eigenvalue weighted by molar-refractivity contribution is -0.150. The van der Waals surface area contributed by atoms with E-state index in [1.807, 2.05) is 0 Å². The molecule has 4 unspecified atom stereocenters. The Labute approximate surface area is 149 Å². The predicted molar refractivity (Wildman–Crippen MR) is 87.8 cm³/mol. The van der Waals surface area contributed by atoms with Crippen LogP contribution in [0.25, 0.3) is 0 Å². The van der Waals surface area contributed by atoms with Crippen LogP contribution in [0.4, 0.5) is 0 Å². The van der Waals surface area contributed by atoms with Crippen molar-refractivity contribution < 1.29 is 34.2 Å². The Kier molecular flexibility index (Phi) is 7.50. The first-order valence-corrected chi connectivity index (χ1v) is 8.16. The highest BCUT2D eigenvalue weighted by atomic mass is 16.4. The first-order chi connectivity index (χ1) is 12.0. The van der Waals surface area contributed by atoms with E-state index in [0.717, 1.165) is 4.90 Å². The highest BCUT2D eigenvalue weighted by molar-refractivity contribution is 5.95. The van der Waals surface area contributed by atoms with E-state index in [9.17, 15) is 24.0 Å². The van der Waals surface area contributed by atoms with Crippen molar-refractivity contribution in [2.45, 2.75) is 57.3 Å². The zero-order valence-corrected chi connectivity index (χ0v) is 14.6. The highest BCUT2D eigenvalue weighted by Crippen LogP contribution is 2.19. The molecule has 1 rings (SSSR count). The number of hydrogen-bond acceptors (Lipinski definition) is 6. The number of amides is 3. The highest BCUT2D eigenvalue weighted by Gasteiger charge is 2.38. The summed E-state index contributed by atoms with van der Waals surface area (Å²) in [5.74, 6) is -4.66. The van der Waals surface area contributed by atoms with Gasteiger partial charge in [-0.1, -0.05) is 0 Å². The number of nitrogens with two attached hydrogens (primary N) is 1. The topological polar surface area (TPSA) is 179 Å². The summed E-state index contributed by atoms with van der Waals surface area (Å²) in [7, 11) is 0. The number of nitrogens with zero attached hydrogens (tertiary/aromatic N) is 1. The van der Waals surface area contributed by atoms with Crippen molar-refractivity contribution in [1.29, 1.82) is 0 Å². The minimum Gasteiger partial charge on any atom is -0.481 e. The van der Waals surface area contributed by atoms with Gasteiger partial charge in [-0.05, 0) is 26.7 Å². The third-order valence-corrected chi connectivity index (χ3v) is 3.98. The van der Waals surface area contributed by atoms with Gasteiger partial charge in [0.1, 0.15) is 18.1 Å². The maximum absolute atomic E-state index is 12.6. The fourth-order valence-corrected chi connectivity index (χ4v) is 2.57. The molecule has 0 radical (unpaired) electrons. The maximum Gasteiger partial charge on any atom is 0.326 e. The Morgan fingerprint density at radius 2 is 1.73 bits per heavy atom. The van der Waals surface area contributed by atoms with Crippen LogP contribution in [-0.2, 0) is 24.0 Å². The fraction of sp³-hybridized carbons (Fsp3) is 0.667. The molecule has 0 bridgehead atoms. The van der Waals surface area contributed by atoms with Crippen LogP contribution in [0.3, 0.4) is 0 Å². The summed E-state index contributed by atoms with van der Waals surface area (Å²) in [4.78, 5) is 59.6. The number of carboxylic acids is 2. The third kappa shape index (κ3) is 5.69. The standard InChI is InChI=1S/C15H24N4O7/c1-7(16)12(22)17-8(2)13(23)18-9(6-11(20)21)14(24)19-5-3-4-10(19)15(25)26/h7-10H,3-6,16H2,1-2H3,(H,17,22)(H,18,23)(H,20,21)(H,25,26). The van der Waals surface area contributed by atoms with Crippen LogP contribution >= 0.6 is 0 Å². The summed E-state index contributed by atoms with van der Waals surface area (Å²) in [6, 6.07) is -4.38. The smallest absolute Gasteiger partial charge is 0.326 e. The molecule has 0 saturated carbocycles. The molecule has 1 saturated heterocycles. The SMILES string of the molecule is CC(N)C(=O)NC(C)C(=O)NC(CC(=O)O)C(=O)N1CCCC1C(=O)O. The quantitative estimate of drug-likeness (QED) is 0.320. The van der Waals surface area contributed by atoms with E-state index in [-0.39, 0.29) is 13.0 Å². The average molecular weight is 372 g/mol. The van der Waals surface area contributed by atoms with Crippen LogP contribution < -0.4 is 16.4 Å².